The predicted molar refractivity (Wildman–Crippen MR) is 136 cm³/mol. The van der Waals surface area contributed by atoms with Crippen LogP contribution >= 0.6 is 0 Å². The van der Waals surface area contributed by atoms with Crippen molar-refractivity contribution < 1.29 is 47.9 Å². The summed E-state index contributed by atoms with van der Waals surface area (Å²) in [5.41, 5.74) is 1.40. The number of aliphatic carboxylic acids is 1. The maximum atomic E-state index is 12.3. The van der Waals surface area contributed by atoms with Gasteiger partial charge in [0.05, 0.1) is 13.7 Å². The lowest BCUT2D eigenvalue weighted by Crippen LogP contribution is -2.68. The van der Waals surface area contributed by atoms with Crippen LogP contribution in [0.5, 0.6) is 17.2 Å². The Labute approximate surface area is 226 Å². The second-order valence-corrected chi connectivity index (χ2v) is 10.4. The van der Waals surface area contributed by atoms with Gasteiger partial charge in [0.1, 0.15) is 53.8 Å². The average Bonchev–Trinajstić information content (AvgIpc) is 3.20. The van der Waals surface area contributed by atoms with Gasteiger partial charge in [-0.15, -0.1) is 0 Å². The molecule has 6 unspecified atom stereocenters. The van der Waals surface area contributed by atoms with Crippen LogP contribution < -0.4 is 19.5 Å². The zero-order chi connectivity index (χ0) is 27.7. The molecule has 0 radical (unpaired) electrons. The molecule has 0 saturated carbocycles. The highest BCUT2D eigenvalue weighted by atomic mass is 16.8. The lowest BCUT2D eigenvalue weighted by molar-refractivity contribution is -0.338. The van der Waals surface area contributed by atoms with E-state index in [9.17, 15) is 14.7 Å². The Hall–Kier alpha value is -3.38. The highest BCUT2D eigenvalue weighted by Gasteiger charge is 2.52. The minimum atomic E-state index is -1.16. The number of carbonyl (C=O) groups excluding carboxylic acids is 1. The number of amides is 1. The standard InChI is InChI=1S/C28H33NO10/c1-15(30)29-23-25(34-14-22(31)32)24-21(13-35-26(38-24)18-7-5-6-8-19(18)33-4)37-27(23)36-17-10-9-16-12-28(2,3)39-20(16)11-17/h5-11,21,23-27H,12-14H2,1-4H3,(H,29,30)(H,31,32). The number of carboxylic acid groups (broad SMARTS) is 1. The molecule has 1 amide bonds. The molecule has 2 aromatic carbocycles. The number of nitrogens with one attached hydrogen (secondary N) is 1. The van der Waals surface area contributed by atoms with Crippen LogP contribution in [0.25, 0.3) is 0 Å². The van der Waals surface area contributed by atoms with E-state index in [1.54, 1.807) is 19.2 Å². The monoisotopic (exact) mass is 543 g/mol. The average molecular weight is 544 g/mol. The fourth-order valence-electron chi connectivity index (χ4n) is 5.22. The molecule has 3 heterocycles. The molecule has 2 fully saturated rings. The smallest absolute Gasteiger partial charge is 0.329 e. The molecule has 3 aliphatic rings. The molecule has 2 aromatic rings. The van der Waals surface area contributed by atoms with Crippen LogP contribution in [-0.4, -0.2) is 73.6 Å². The summed E-state index contributed by atoms with van der Waals surface area (Å²) in [6.45, 7) is 4.87. The Morgan fingerprint density at radius 2 is 1.95 bits per heavy atom. The van der Waals surface area contributed by atoms with Gasteiger partial charge < -0.3 is 43.6 Å². The third kappa shape index (κ3) is 5.96. The fourth-order valence-corrected chi connectivity index (χ4v) is 5.22. The number of methoxy groups -OCH3 is 1. The number of ether oxygens (including phenoxy) is 7. The van der Waals surface area contributed by atoms with E-state index in [2.05, 4.69) is 5.32 Å². The molecular formula is C28H33NO10. The SMILES string of the molecule is COc1ccccc1C1OCC2OC(Oc3ccc4c(c3)OC(C)(C)C4)C(NC(C)=O)C(OCC(=O)O)C2O1. The molecule has 210 valence electrons. The molecule has 2 N–H and O–H groups in total. The Balaban J connectivity index is 1.42. The molecule has 0 aliphatic carbocycles. The second kappa shape index (κ2) is 11.0. The highest BCUT2D eigenvalue weighted by Crippen LogP contribution is 2.40. The van der Waals surface area contributed by atoms with Crippen LogP contribution in [0.1, 0.15) is 38.2 Å². The van der Waals surface area contributed by atoms with Gasteiger partial charge in [0, 0.05) is 25.0 Å². The maximum absolute atomic E-state index is 12.3. The van der Waals surface area contributed by atoms with Gasteiger partial charge in [-0.3, -0.25) is 4.79 Å². The van der Waals surface area contributed by atoms with Crippen molar-refractivity contribution in [2.45, 2.75) is 69.7 Å². The number of benzene rings is 2. The first kappa shape index (κ1) is 27.2. The molecule has 11 heteroatoms. The number of carboxylic acids is 1. The van der Waals surface area contributed by atoms with E-state index in [1.807, 2.05) is 44.2 Å². The molecule has 5 rings (SSSR count). The summed E-state index contributed by atoms with van der Waals surface area (Å²) < 4.78 is 42.1. The van der Waals surface area contributed by atoms with Crippen molar-refractivity contribution in [3.05, 3.63) is 53.6 Å². The largest absolute Gasteiger partial charge is 0.496 e. The Bertz CT molecular complexity index is 1220. The topological polar surface area (TPSA) is 131 Å². The minimum absolute atomic E-state index is 0.106. The van der Waals surface area contributed by atoms with Crippen LogP contribution in [0.3, 0.4) is 0 Å². The molecule has 0 bridgehead atoms. The Morgan fingerprint density at radius 1 is 1.15 bits per heavy atom. The predicted octanol–water partition coefficient (Wildman–Crippen LogP) is 2.60. The van der Waals surface area contributed by atoms with Gasteiger partial charge in [-0.25, -0.2) is 4.79 Å². The Kier molecular flexibility index (Phi) is 7.68. The molecule has 6 atom stereocenters. The van der Waals surface area contributed by atoms with Crippen LogP contribution in [-0.2, 0) is 35.0 Å². The van der Waals surface area contributed by atoms with Crippen molar-refractivity contribution in [1.82, 2.24) is 5.32 Å². The quantitative estimate of drug-likeness (QED) is 0.512. The number of carbonyl (C=O) groups is 2. The Morgan fingerprint density at radius 3 is 2.69 bits per heavy atom. The summed E-state index contributed by atoms with van der Waals surface area (Å²) in [4.78, 5) is 23.7. The molecular weight excluding hydrogens is 510 g/mol. The highest BCUT2D eigenvalue weighted by molar-refractivity contribution is 5.73. The van der Waals surface area contributed by atoms with Crippen LogP contribution in [0.4, 0.5) is 0 Å². The van der Waals surface area contributed by atoms with Gasteiger partial charge in [-0.1, -0.05) is 24.3 Å². The molecule has 11 nitrogen and oxygen atoms in total. The molecule has 2 saturated heterocycles. The summed E-state index contributed by atoms with van der Waals surface area (Å²) in [5, 5.41) is 12.2. The van der Waals surface area contributed by atoms with E-state index >= 15 is 0 Å². The first-order valence-electron chi connectivity index (χ1n) is 12.8. The summed E-state index contributed by atoms with van der Waals surface area (Å²) in [6.07, 6.45) is -3.47. The first-order chi connectivity index (χ1) is 18.6. The number of fused-ring (bicyclic) bond motifs is 2. The zero-order valence-corrected chi connectivity index (χ0v) is 22.2. The van der Waals surface area contributed by atoms with Gasteiger partial charge in [0.25, 0.3) is 0 Å². The third-order valence-corrected chi connectivity index (χ3v) is 6.79. The van der Waals surface area contributed by atoms with E-state index < -0.39 is 49.5 Å². The summed E-state index contributed by atoms with van der Waals surface area (Å²) >= 11 is 0. The van der Waals surface area contributed by atoms with Gasteiger partial charge in [-0.05, 0) is 31.5 Å². The van der Waals surface area contributed by atoms with Crippen LogP contribution in [0.15, 0.2) is 42.5 Å². The van der Waals surface area contributed by atoms with Gasteiger partial charge >= 0.3 is 5.97 Å². The normalized spacial score (nSPS) is 28.9. The van der Waals surface area contributed by atoms with Crippen molar-refractivity contribution in [3.8, 4) is 17.2 Å². The number of hydrogen-bond acceptors (Lipinski definition) is 9. The zero-order valence-electron chi connectivity index (χ0n) is 22.2. The van der Waals surface area contributed by atoms with Crippen LogP contribution in [0, 0.1) is 0 Å². The van der Waals surface area contributed by atoms with E-state index in [4.69, 9.17) is 33.2 Å². The number of rotatable bonds is 8. The van der Waals surface area contributed by atoms with Crippen LogP contribution in [0.2, 0.25) is 0 Å². The van der Waals surface area contributed by atoms with E-state index in [-0.39, 0.29) is 18.1 Å². The first-order valence-corrected chi connectivity index (χ1v) is 12.8. The second-order valence-electron chi connectivity index (χ2n) is 10.4. The number of para-hydroxylation sites is 1. The maximum Gasteiger partial charge on any atom is 0.329 e. The van der Waals surface area contributed by atoms with Gasteiger partial charge in [-0.2, -0.15) is 0 Å². The lowest BCUT2D eigenvalue weighted by Gasteiger charge is -2.49. The van der Waals surface area contributed by atoms with E-state index in [1.165, 1.54) is 6.92 Å². The van der Waals surface area contributed by atoms with Crippen molar-refractivity contribution in [1.29, 1.82) is 0 Å². The third-order valence-electron chi connectivity index (χ3n) is 6.79. The summed E-state index contributed by atoms with van der Waals surface area (Å²) in [5.74, 6) is 0.217. The molecule has 3 aliphatic heterocycles. The van der Waals surface area contributed by atoms with Crippen molar-refractivity contribution in [2.24, 2.45) is 0 Å². The lowest BCUT2D eigenvalue weighted by atomic mass is 9.95. The fraction of sp³-hybridized carbons (Fsp3) is 0.500. The molecule has 39 heavy (non-hydrogen) atoms. The van der Waals surface area contributed by atoms with Gasteiger partial charge in [0.15, 0.2) is 6.29 Å². The minimum Gasteiger partial charge on any atom is -0.496 e. The number of hydrogen-bond donors (Lipinski definition) is 2. The van der Waals surface area contributed by atoms with Crippen molar-refractivity contribution in [2.75, 3.05) is 20.3 Å². The molecule has 0 spiro atoms. The van der Waals surface area contributed by atoms with Gasteiger partial charge in [0.2, 0.25) is 12.2 Å². The molecule has 0 aromatic heterocycles. The summed E-state index contributed by atoms with van der Waals surface area (Å²) in [7, 11) is 1.55. The van der Waals surface area contributed by atoms with E-state index in [0.717, 1.165) is 12.0 Å². The summed E-state index contributed by atoms with van der Waals surface area (Å²) in [6, 6.07) is 11.9. The van der Waals surface area contributed by atoms with Crippen molar-refractivity contribution >= 4 is 11.9 Å². The van der Waals surface area contributed by atoms with Crippen molar-refractivity contribution in [3.63, 3.8) is 0 Å². The van der Waals surface area contributed by atoms with E-state index in [0.29, 0.717) is 22.8 Å².